The molecule has 0 atom stereocenters. The Morgan fingerprint density at radius 1 is 1.21 bits per heavy atom. The lowest BCUT2D eigenvalue weighted by Crippen LogP contribution is -2.15. The molecule has 0 aromatic heterocycles. The topological polar surface area (TPSA) is 38.8 Å². The monoisotopic (exact) mass is 283 g/mol. The quantitative estimate of drug-likeness (QED) is 0.540. The van der Waals surface area contributed by atoms with Crippen LogP contribution in [0.25, 0.3) is 0 Å². The van der Waals surface area contributed by atoms with Crippen LogP contribution in [0.4, 0.5) is 0 Å². The summed E-state index contributed by atoms with van der Waals surface area (Å²) in [6, 6.07) is 5.26. The largest absolute Gasteiger partial charge is 0.493 e. The van der Waals surface area contributed by atoms with Gasteiger partial charge in [0.15, 0.2) is 17.3 Å². The molecule has 0 heterocycles. The Kier molecular flexibility index (Phi) is 6.73. The molecule has 1 aromatic carbocycles. The standard InChI is InChI=1S/C14H21NO3S/c1-15(2)7-8-19-10-12(16)11-5-6-13(17-3)14(9-11)18-4/h5-6,9H,7-8,10H2,1-4H3. The number of hydrogen-bond acceptors (Lipinski definition) is 5. The van der Waals surface area contributed by atoms with Crippen molar-refractivity contribution in [1.29, 1.82) is 0 Å². The van der Waals surface area contributed by atoms with E-state index in [4.69, 9.17) is 9.47 Å². The number of carbonyl (C=O) groups is 1. The number of ketones is 1. The van der Waals surface area contributed by atoms with Crippen molar-refractivity contribution >= 4 is 17.5 Å². The minimum Gasteiger partial charge on any atom is -0.493 e. The first-order valence-corrected chi connectivity index (χ1v) is 7.21. The number of nitrogens with zero attached hydrogens (tertiary/aromatic N) is 1. The van der Waals surface area contributed by atoms with Gasteiger partial charge in [0.1, 0.15) is 0 Å². The molecule has 0 fully saturated rings. The van der Waals surface area contributed by atoms with Crippen LogP contribution in [-0.4, -0.2) is 57.0 Å². The first-order valence-electron chi connectivity index (χ1n) is 6.06. The molecular formula is C14H21NO3S. The van der Waals surface area contributed by atoms with E-state index in [1.54, 1.807) is 44.2 Å². The van der Waals surface area contributed by atoms with Crippen molar-refractivity contribution < 1.29 is 14.3 Å². The smallest absolute Gasteiger partial charge is 0.172 e. The molecule has 0 saturated carbocycles. The van der Waals surface area contributed by atoms with Crippen LogP contribution in [-0.2, 0) is 0 Å². The Morgan fingerprint density at radius 3 is 2.47 bits per heavy atom. The van der Waals surface area contributed by atoms with Gasteiger partial charge in [-0.1, -0.05) is 0 Å². The Hall–Kier alpha value is -1.20. The average Bonchev–Trinajstić information content (AvgIpc) is 2.42. The van der Waals surface area contributed by atoms with E-state index in [9.17, 15) is 4.79 Å². The summed E-state index contributed by atoms with van der Waals surface area (Å²) in [6.07, 6.45) is 0. The molecule has 0 N–H and O–H groups in total. The predicted molar refractivity (Wildman–Crippen MR) is 79.8 cm³/mol. The van der Waals surface area contributed by atoms with Gasteiger partial charge in [0, 0.05) is 17.9 Å². The number of benzene rings is 1. The first kappa shape index (κ1) is 15.9. The molecule has 0 aliphatic heterocycles. The van der Waals surface area contributed by atoms with Gasteiger partial charge < -0.3 is 14.4 Å². The summed E-state index contributed by atoms with van der Waals surface area (Å²) in [5, 5.41) is 0. The Balaban J connectivity index is 2.57. The Morgan fingerprint density at radius 2 is 1.89 bits per heavy atom. The van der Waals surface area contributed by atoms with Crippen molar-refractivity contribution in [1.82, 2.24) is 4.90 Å². The van der Waals surface area contributed by atoms with Crippen molar-refractivity contribution in [3.05, 3.63) is 23.8 Å². The van der Waals surface area contributed by atoms with E-state index >= 15 is 0 Å². The van der Waals surface area contributed by atoms with Gasteiger partial charge in [0.05, 0.1) is 20.0 Å². The molecule has 1 rings (SSSR count). The molecule has 19 heavy (non-hydrogen) atoms. The number of thioether (sulfide) groups is 1. The van der Waals surface area contributed by atoms with Crippen LogP contribution < -0.4 is 9.47 Å². The summed E-state index contributed by atoms with van der Waals surface area (Å²) >= 11 is 1.64. The minimum absolute atomic E-state index is 0.115. The Bertz CT molecular complexity index is 421. The highest BCUT2D eigenvalue weighted by Crippen LogP contribution is 2.28. The number of hydrogen-bond donors (Lipinski definition) is 0. The van der Waals surface area contributed by atoms with Crippen LogP contribution in [0.1, 0.15) is 10.4 Å². The minimum atomic E-state index is 0.115. The second-order valence-electron chi connectivity index (χ2n) is 4.35. The van der Waals surface area contributed by atoms with Gasteiger partial charge in [-0.25, -0.2) is 0 Å². The molecule has 0 unspecified atom stereocenters. The van der Waals surface area contributed by atoms with Crippen LogP contribution >= 0.6 is 11.8 Å². The van der Waals surface area contributed by atoms with Gasteiger partial charge in [-0.2, -0.15) is 11.8 Å². The summed E-state index contributed by atoms with van der Waals surface area (Å²) in [6.45, 7) is 0.976. The van der Waals surface area contributed by atoms with E-state index in [0.717, 1.165) is 12.3 Å². The molecule has 5 heteroatoms. The van der Waals surface area contributed by atoms with Crippen molar-refractivity contribution in [2.24, 2.45) is 0 Å². The first-order chi connectivity index (χ1) is 9.08. The van der Waals surface area contributed by atoms with E-state index in [0.29, 0.717) is 22.8 Å². The molecule has 0 aliphatic rings. The van der Waals surface area contributed by atoms with Crippen molar-refractivity contribution in [3.8, 4) is 11.5 Å². The van der Waals surface area contributed by atoms with Crippen LogP contribution in [0.5, 0.6) is 11.5 Å². The Labute approximate surface area is 119 Å². The molecule has 4 nitrogen and oxygen atoms in total. The highest BCUT2D eigenvalue weighted by atomic mass is 32.2. The van der Waals surface area contributed by atoms with Gasteiger partial charge in [-0.3, -0.25) is 4.79 Å². The van der Waals surface area contributed by atoms with Gasteiger partial charge >= 0.3 is 0 Å². The van der Waals surface area contributed by atoms with E-state index in [2.05, 4.69) is 4.90 Å². The summed E-state index contributed by atoms with van der Waals surface area (Å²) in [5.74, 6) is 2.78. The molecule has 0 amide bonds. The molecule has 0 radical (unpaired) electrons. The van der Waals surface area contributed by atoms with Crippen LogP contribution in [0.2, 0.25) is 0 Å². The molecule has 0 saturated heterocycles. The average molecular weight is 283 g/mol. The number of carbonyl (C=O) groups excluding carboxylic acids is 1. The van der Waals surface area contributed by atoms with Crippen LogP contribution in [0.3, 0.4) is 0 Å². The number of Topliss-reactive ketones (excluding diaryl/α,β-unsaturated/α-hetero) is 1. The third-order valence-electron chi connectivity index (χ3n) is 2.62. The molecule has 0 aliphatic carbocycles. The van der Waals surface area contributed by atoms with Crippen LogP contribution in [0, 0.1) is 0 Å². The second kappa shape index (κ2) is 8.07. The van der Waals surface area contributed by atoms with Gasteiger partial charge in [0.25, 0.3) is 0 Å². The second-order valence-corrected chi connectivity index (χ2v) is 5.45. The number of methoxy groups -OCH3 is 2. The van der Waals surface area contributed by atoms with Crippen LogP contribution in [0.15, 0.2) is 18.2 Å². The zero-order valence-corrected chi connectivity index (χ0v) is 12.8. The maximum Gasteiger partial charge on any atom is 0.172 e. The third-order valence-corrected chi connectivity index (χ3v) is 3.56. The highest BCUT2D eigenvalue weighted by molar-refractivity contribution is 8.00. The molecule has 0 bridgehead atoms. The summed E-state index contributed by atoms with van der Waals surface area (Å²) in [5.41, 5.74) is 0.662. The maximum absolute atomic E-state index is 12.0. The SMILES string of the molecule is COc1ccc(C(=O)CSCCN(C)C)cc1OC. The van der Waals surface area contributed by atoms with Crippen molar-refractivity contribution in [2.45, 2.75) is 0 Å². The van der Waals surface area contributed by atoms with Gasteiger partial charge in [-0.15, -0.1) is 0 Å². The third kappa shape index (κ3) is 5.12. The fourth-order valence-corrected chi connectivity index (χ4v) is 2.50. The summed E-state index contributed by atoms with van der Waals surface area (Å²) in [7, 11) is 7.20. The lowest BCUT2D eigenvalue weighted by molar-refractivity contribution is 0.102. The zero-order valence-electron chi connectivity index (χ0n) is 11.9. The number of ether oxygens (including phenoxy) is 2. The molecule has 1 aromatic rings. The summed E-state index contributed by atoms with van der Waals surface area (Å²) < 4.78 is 10.3. The fraction of sp³-hybridized carbons (Fsp3) is 0.500. The number of rotatable bonds is 8. The lowest BCUT2D eigenvalue weighted by Gasteiger charge is -2.10. The molecule has 106 valence electrons. The zero-order chi connectivity index (χ0) is 14.3. The summed E-state index contributed by atoms with van der Waals surface area (Å²) in [4.78, 5) is 14.1. The molecular weight excluding hydrogens is 262 g/mol. The van der Waals surface area contributed by atoms with Gasteiger partial charge in [-0.05, 0) is 32.3 Å². The molecule has 0 spiro atoms. The van der Waals surface area contributed by atoms with Gasteiger partial charge in [0.2, 0.25) is 0 Å². The van der Waals surface area contributed by atoms with Crippen molar-refractivity contribution in [2.75, 3.05) is 46.4 Å². The van der Waals surface area contributed by atoms with Crippen molar-refractivity contribution in [3.63, 3.8) is 0 Å². The normalized spacial score (nSPS) is 10.6. The fourth-order valence-electron chi connectivity index (χ4n) is 1.50. The van der Waals surface area contributed by atoms with E-state index in [-0.39, 0.29) is 5.78 Å². The maximum atomic E-state index is 12.0. The van der Waals surface area contributed by atoms with E-state index in [1.807, 2.05) is 14.1 Å². The lowest BCUT2D eigenvalue weighted by atomic mass is 10.1. The highest BCUT2D eigenvalue weighted by Gasteiger charge is 2.10. The predicted octanol–water partition coefficient (Wildman–Crippen LogP) is 2.18. The van der Waals surface area contributed by atoms with E-state index < -0.39 is 0 Å². The van der Waals surface area contributed by atoms with E-state index in [1.165, 1.54) is 0 Å².